The van der Waals surface area contributed by atoms with Gasteiger partial charge in [0.15, 0.2) is 0 Å². The topological polar surface area (TPSA) is 67.9 Å². The van der Waals surface area contributed by atoms with E-state index in [1.807, 2.05) is 4.90 Å². The Hall–Kier alpha value is -1.14. The first-order valence-corrected chi connectivity index (χ1v) is 6.76. The van der Waals surface area contributed by atoms with E-state index in [0.29, 0.717) is 19.6 Å². The number of hydrogen-bond donors (Lipinski definition) is 1. The summed E-state index contributed by atoms with van der Waals surface area (Å²) >= 11 is 0. The maximum absolute atomic E-state index is 11.9. The number of piperidine rings is 1. The van der Waals surface area contributed by atoms with Crippen molar-refractivity contribution in [2.24, 2.45) is 5.41 Å². The molecule has 0 aromatic heterocycles. The van der Waals surface area contributed by atoms with Crippen LogP contribution in [0.1, 0.15) is 19.3 Å². The lowest BCUT2D eigenvalue weighted by atomic mass is 9.77. The summed E-state index contributed by atoms with van der Waals surface area (Å²) in [5.74, 6) is 0.172. The summed E-state index contributed by atoms with van der Waals surface area (Å²) < 4.78 is 10.1. The van der Waals surface area contributed by atoms with Gasteiger partial charge >= 0.3 is 0 Å². The average Bonchev–Trinajstić information content (AvgIpc) is 2.76. The van der Waals surface area contributed by atoms with Gasteiger partial charge < -0.3 is 19.7 Å². The van der Waals surface area contributed by atoms with Crippen LogP contribution in [0.4, 0.5) is 0 Å². The second kappa shape index (κ2) is 6.34. The molecule has 108 valence electrons. The number of methoxy groups -OCH3 is 1. The molecule has 2 rings (SSSR count). The van der Waals surface area contributed by atoms with Crippen LogP contribution in [0.15, 0.2) is 0 Å². The van der Waals surface area contributed by atoms with Crippen LogP contribution in [0.25, 0.3) is 0 Å². The molecule has 0 aromatic carbocycles. The third-order valence-corrected chi connectivity index (χ3v) is 4.03. The summed E-state index contributed by atoms with van der Waals surface area (Å²) in [6.45, 7) is 3.28. The van der Waals surface area contributed by atoms with Crippen molar-refractivity contribution in [1.29, 1.82) is 0 Å². The fourth-order valence-electron chi connectivity index (χ4n) is 2.73. The van der Waals surface area contributed by atoms with Crippen LogP contribution < -0.4 is 5.32 Å². The Bertz CT molecular complexity index is 338. The molecule has 6 heteroatoms. The molecule has 6 nitrogen and oxygen atoms in total. The lowest BCUT2D eigenvalue weighted by Gasteiger charge is -2.38. The van der Waals surface area contributed by atoms with Gasteiger partial charge in [-0.1, -0.05) is 0 Å². The van der Waals surface area contributed by atoms with Crippen LogP contribution in [0.2, 0.25) is 0 Å². The van der Waals surface area contributed by atoms with E-state index in [-0.39, 0.29) is 23.8 Å². The minimum atomic E-state index is 0.0308. The van der Waals surface area contributed by atoms with Crippen molar-refractivity contribution in [3.63, 3.8) is 0 Å². The van der Waals surface area contributed by atoms with Crippen LogP contribution in [0, 0.1) is 5.41 Å². The molecule has 1 spiro atoms. The number of likely N-dealkylation sites (tertiary alicyclic amines) is 1. The number of amides is 2. The SMILES string of the molecule is COCCOCC(=O)N1CCC2(CC1)CNC(=O)C2. The number of ether oxygens (including phenoxy) is 2. The van der Waals surface area contributed by atoms with Crippen molar-refractivity contribution < 1.29 is 19.1 Å². The van der Waals surface area contributed by atoms with E-state index < -0.39 is 0 Å². The number of nitrogens with zero attached hydrogens (tertiary/aromatic N) is 1. The van der Waals surface area contributed by atoms with Gasteiger partial charge in [0.05, 0.1) is 13.2 Å². The van der Waals surface area contributed by atoms with Gasteiger partial charge in [-0.2, -0.15) is 0 Å². The van der Waals surface area contributed by atoms with Crippen molar-refractivity contribution >= 4 is 11.8 Å². The van der Waals surface area contributed by atoms with Gasteiger partial charge in [-0.05, 0) is 18.3 Å². The van der Waals surface area contributed by atoms with Crippen molar-refractivity contribution in [2.75, 3.05) is 46.6 Å². The van der Waals surface area contributed by atoms with E-state index in [0.717, 1.165) is 32.5 Å². The van der Waals surface area contributed by atoms with E-state index in [1.165, 1.54) is 0 Å². The second-order valence-electron chi connectivity index (χ2n) is 5.38. The summed E-state index contributed by atoms with van der Waals surface area (Å²) in [7, 11) is 1.60. The molecule has 0 saturated carbocycles. The van der Waals surface area contributed by atoms with Crippen LogP contribution in [-0.4, -0.2) is 63.3 Å². The van der Waals surface area contributed by atoms with Crippen LogP contribution in [-0.2, 0) is 19.1 Å². The highest BCUT2D eigenvalue weighted by molar-refractivity contribution is 5.80. The van der Waals surface area contributed by atoms with Crippen molar-refractivity contribution in [3.8, 4) is 0 Å². The summed E-state index contributed by atoms with van der Waals surface area (Å²) in [6, 6.07) is 0. The summed E-state index contributed by atoms with van der Waals surface area (Å²) in [4.78, 5) is 25.1. The van der Waals surface area contributed by atoms with Gasteiger partial charge in [0, 0.05) is 33.2 Å². The molecule has 0 aliphatic carbocycles. The van der Waals surface area contributed by atoms with E-state index >= 15 is 0 Å². The van der Waals surface area contributed by atoms with E-state index in [9.17, 15) is 9.59 Å². The molecule has 2 aliphatic heterocycles. The third-order valence-electron chi connectivity index (χ3n) is 4.03. The largest absolute Gasteiger partial charge is 0.382 e. The Morgan fingerprint density at radius 2 is 2.11 bits per heavy atom. The molecular formula is C13H22N2O4. The number of carbonyl (C=O) groups is 2. The molecule has 1 N–H and O–H groups in total. The fourth-order valence-corrected chi connectivity index (χ4v) is 2.73. The minimum absolute atomic E-state index is 0.0308. The zero-order chi connectivity index (χ0) is 13.7. The fraction of sp³-hybridized carbons (Fsp3) is 0.846. The first-order valence-electron chi connectivity index (χ1n) is 6.76. The molecule has 19 heavy (non-hydrogen) atoms. The van der Waals surface area contributed by atoms with Crippen molar-refractivity contribution in [2.45, 2.75) is 19.3 Å². The summed E-state index contributed by atoms with van der Waals surface area (Å²) in [5.41, 5.74) is 0.0881. The first-order chi connectivity index (χ1) is 9.15. The first kappa shape index (κ1) is 14.3. The van der Waals surface area contributed by atoms with Gasteiger partial charge in [-0.3, -0.25) is 9.59 Å². The molecule has 2 amide bonds. The third kappa shape index (κ3) is 3.67. The van der Waals surface area contributed by atoms with Crippen molar-refractivity contribution in [3.05, 3.63) is 0 Å². The number of nitrogens with one attached hydrogen (secondary N) is 1. The van der Waals surface area contributed by atoms with Gasteiger partial charge in [0.25, 0.3) is 0 Å². The molecule has 0 bridgehead atoms. The molecule has 0 aromatic rings. The second-order valence-corrected chi connectivity index (χ2v) is 5.38. The van der Waals surface area contributed by atoms with Gasteiger partial charge in [0.1, 0.15) is 6.61 Å². The predicted molar refractivity (Wildman–Crippen MR) is 68.6 cm³/mol. The van der Waals surface area contributed by atoms with Crippen LogP contribution in [0.5, 0.6) is 0 Å². The number of rotatable bonds is 5. The maximum atomic E-state index is 11.9. The molecule has 0 radical (unpaired) electrons. The summed E-state index contributed by atoms with van der Waals surface area (Å²) in [5, 5.41) is 2.89. The van der Waals surface area contributed by atoms with E-state index in [2.05, 4.69) is 5.32 Å². The Kier molecular flexibility index (Phi) is 4.76. The molecule has 2 saturated heterocycles. The zero-order valence-corrected chi connectivity index (χ0v) is 11.4. The molecule has 0 atom stereocenters. The van der Waals surface area contributed by atoms with Gasteiger partial charge in [-0.15, -0.1) is 0 Å². The molecule has 0 unspecified atom stereocenters. The predicted octanol–water partition coefficient (Wildman–Crippen LogP) is -0.222. The number of hydrogen-bond acceptors (Lipinski definition) is 4. The monoisotopic (exact) mass is 270 g/mol. The summed E-state index contributed by atoms with van der Waals surface area (Å²) in [6.07, 6.45) is 2.41. The number of carbonyl (C=O) groups excluding carboxylic acids is 2. The molecule has 2 aliphatic rings. The highest BCUT2D eigenvalue weighted by atomic mass is 16.5. The highest BCUT2D eigenvalue weighted by Crippen LogP contribution is 2.37. The normalized spacial score (nSPS) is 21.7. The Morgan fingerprint density at radius 1 is 1.37 bits per heavy atom. The van der Waals surface area contributed by atoms with E-state index in [1.54, 1.807) is 7.11 Å². The Labute approximate surface area is 113 Å². The van der Waals surface area contributed by atoms with E-state index in [4.69, 9.17) is 9.47 Å². The lowest BCUT2D eigenvalue weighted by molar-refractivity contribution is -0.138. The maximum Gasteiger partial charge on any atom is 0.248 e. The van der Waals surface area contributed by atoms with Crippen LogP contribution >= 0.6 is 0 Å². The minimum Gasteiger partial charge on any atom is -0.382 e. The Morgan fingerprint density at radius 3 is 2.68 bits per heavy atom. The van der Waals surface area contributed by atoms with Crippen molar-refractivity contribution in [1.82, 2.24) is 10.2 Å². The molecule has 2 fully saturated rings. The van der Waals surface area contributed by atoms with Crippen LogP contribution in [0.3, 0.4) is 0 Å². The Balaban J connectivity index is 1.70. The van der Waals surface area contributed by atoms with Gasteiger partial charge in [0.2, 0.25) is 11.8 Å². The molecule has 2 heterocycles. The molecular weight excluding hydrogens is 248 g/mol. The zero-order valence-electron chi connectivity index (χ0n) is 11.4. The lowest BCUT2D eigenvalue weighted by Crippen LogP contribution is -2.45. The quantitative estimate of drug-likeness (QED) is 0.701. The smallest absolute Gasteiger partial charge is 0.248 e. The van der Waals surface area contributed by atoms with Gasteiger partial charge in [-0.25, -0.2) is 0 Å². The standard InChI is InChI=1S/C13H22N2O4/c1-18-6-7-19-9-12(17)15-4-2-13(3-5-15)8-11(16)14-10-13/h2-10H2,1H3,(H,14,16). The average molecular weight is 270 g/mol. The highest BCUT2D eigenvalue weighted by Gasteiger charge is 2.41.